The van der Waals surface area contributed by atoms with Gasteiger partial charge < -0.3 is 25.7 Å². The van der Waals surface area contributed by atoms with Gasteiger partial charge in [0.25, 0.3) is 0 Å². The van der Waals surface area contributed by atoms with Gasteiger partial charge in [-0.05, 0) is 51.4 Å². The van der Waals surface area contributed by atoms with Gasteiger partial charge in [0.1, 0.15) is 12.2 Å². The predicted molar refractivity (Wildman–Crippen MR) is 187 cm³/mol. The number of unbranched alkanes of at least 4 members (excludes halogenated alkanes) is 20. The van der Waals surface area contributed by atoms with E-state index in [1.165, 1.54) is 109 Å². The molecule has 44 heavy (non-hydrogen) atoms. The number of aliphatic hydroxyl groups excluding tert-OH is 4. The summed E-state index contributed by atoms with van der Waals surface area (Å²) in [7, 11) is 0. The standard InChI is InChI=1S/C38H73NO5/c1-3-5-7-9-11-13-14-15-16-17-18-19-20-21-22-23-24-26-27-29-31-35(41)37(43)34(33-40)39-38(44)36(42)32-30-28-25-12-10-8-6-4-2/h20-21,24,26,34-37,40-43H,3-19,22-23,25,27-33H2,1-2H3,(H,39,44)/b21-20+,26-24+. The molecule has 6 nitrogen and oxygen atoms in total. The Kier molecular flexibility index (Phi) is 32.2. The zero-order valence-corrected chi connectivity index (χ0v) is 28.9. The Morgan fingerprint density at radius 3 is 1.43 bits per heavy atom. The quantitative estimate of drug-likeness (QED) is 0.0371. The average Bonchev–Trinajstić information content (AvgIpc) is 3.03. The molecule has 0 aliphatic rings. The van der Waals surface area contributed by atoms with Crippen molar-refractivity contribution in [3.63, 3.8) is 0 Å². The Balaban J connectivity index is 3.83. The summed E-state index contributed by atoms with van der Waals surface area (Å²) in [5, 5.41) is 43.2. The van der Waals surface area contributed by atoms with E-state index in [2.05, 4.69) is 43.5 Å². The number of carbonyl (C=O) groups excluding carboxylic acids is 1. The molecule has 0 aromatic carbocycles. The van der Waals surface area contributed by atoms with E-state index in [1.54, 1.807) is 0 Å². The van der Waals surface area contributed by atoms with Crippen molar-refractivity contribution < 1.29 is 25.2 Å². The first-order chi connectivity index (χ1) is 21.5. The summed E-state index contributed by atoms with van der Waals surface area (Å²) >= 11 is 0. The molecule has 260 valence electrons. The summed E-state index contributed by atoms with van der Waals surface area (Å²) < 4.78 is 0. The number of hydrogen-bond acceptors (Lipinski definition) is 5. The Labute approximate surface area is 272 Å². The number of allylic oxidation sites excluding steroid dienone is 4. The minimum absolute atomic E-state index is 0.360. The molecular formula is C38H73NO5. The van der Waals surface area contributed by atoms with Gasteiger partial charge in [-0.2, -0.15) is 0 Å². The third kappa shape index (κ3) is 27.1. The highest BCUT2D eigenvalue weighted by Crippen LogP contribution is 2.14. The number of aliphatic hydroxyl groups is 4. The van der Waals surface area contributed by atoms with Gasteiger partial charge in [-0.1, -0.05) is 154 Å². The monoisotopic (exact) mass is 624 g/mol. The molecule has 5 N–H and O–H groups in total. The summed E-state index contributed by atoms with van der Waals surface area (Å²) in [4.78, 5) is 12.3. The first kappa shape index (κ1) is 42.8. The molecule has 0 aromatic heterocycles. The Bertz CT molecular complexity index is 668. The molecule has 6 heteroatoms. The van der Waals surface area contributed by atoms with Crippen LogP contribution in [0, 0.1) is 0 Å². The first-order valence-electron chi connectivity index (χ1n) is 18.7. The third-order valence-corrected chi connectivity index (χ3v) is 8.64. The fraction of sp³-hybridized carbons (Fsp3) is 0.868. The van der Waals surface area contributed by atoms with Gasteiger partial charge >= 0.3 is 0 Å². The highest BCUT2D eigenvalue weighted by atomic mass is 16.3. The van der Waals surface area contributed by atoms with Crippen LogP contribution in [0.4, 0.5) is 0 Å². The smallest absolute Gasteiger partial charge is 0.249 e. The van der Waals surface area contributed by atoms with Gasteiger partial charge in [0.2, 0.25) is 5.91 Å². The number of amides is 1. The van der Waals surface area contributed by atoms with Crippen molar-refractivity contribution in [2.75, 3.05) is 6.61 Å². The van der Waals surface area contributed by atoms with Crippen LogP contribution in [0.2, 0.25) is 0 Å². The van der Waals surface area contributed by atoms with E-state index < -0.39 is 36.9 Å². The molecule has 0 spiro atoms. The second-order valence-corrected chi connectivity index (χ2v) is 12.9. The van der Waals surface area contributed by atoms with Crippen LogP contribution < -0.4 is 5.32 Å². The van der Waals surface area contributed by atoms with E-state index in [0.29, 0.717) is 19.3 Å². The highest BCUT2D eigenvalue weighted by molar-refractivity contribution is 5.80. The van der Waals surface area contributed by atoms with Crippen LogP contribution in [0.3, 0.4) is 0 Å². The van der Waals surface area contributed by atoms with Gasteiger partial charge in [0.05, 0.1) is 18.8 Å². The summed E-state index contributed by atoms with van der Waals surface area (Å²) in [6.45, 7) is 3.97. The maximum absolute atomic E-state index is 12.3. The lowest BCUT2D eigenvalue weighted by Gasteiger charge is -2.27. The maximum Gasteiger partial charge on any atom is 0.249 e. The lowest BCUT2D eigenvalue weighted by Crippen LogP contribution is -2.53. The molecule has 0 saturated heterocycles. The summed E-state index contributed by atoms with van der Waals surface area (Å²) in [5.74, 6) is -0.603. The molecule has 1 amide bonds. The van der Waals surface area contributed by atoms with E-state index in [0.717, 1.165) is 38.5 Å². The van der Waals surface area contributed by atoms with E-state index in [9.17, 15) is 25.2 Å². The molecule has 0 heterocycles. The Morgan fingerprint density at radius 1 is 0.545 bits per heavy atom. The molecule has 0 bridgehead atoms. The fourth-order valence-corrected chi connectivity index (χ4v) is 5.59. The second-order valence-electron chi connectivity index (χ2n) is 12.9. The van der Waals surface area contributed by atoms with E-state index in [-0.39, 0.29) is 0 Å². The van der Waals surface area contributed by atoms with Crippen LogP contribution in [0.25, 0.3) is 0 Å². The van der Waals surface area contributed by atoms with Gasteiger partial charge in [0, 0.05) is 0 Å². The maximum atomic E-state index is 12.3. The summed E-state index contributed by atoms with van der Waals surface area (Å²) in [6.07, 6.45) is 35.0. The predicted octanol–water partition coefficient (Wildman–Crippen LogP) is 8.84. The van der Waals surface area contributed by atoms with Gasteiger partial charge in [-0.3, -0.25) is 4.79 Å². The number of rotatable bonds is 33. The molecule has 4 unspecified atom stereocenters. The van der Waals surface area contributed by atoms with Crippen molar-refractivity contribution in [1.29, 1.82) is 0 Å². The average molecular weight is 624 g/mol. The zero-order valence-electron chi connectivity index (χ0n) is 28.9. The molecular weight excluding hydrogens is 550 g/mol. The number of carbonyl (C=O) groups is 1. The molecule has 4 atom stereocenters. The first-order valence-corrected chi connectivity index (χ1v) is 18.7. The van der Waals surface area contributed by atoms with Crippen LogP contribution in [0.5, 0.6) is 0 Å². The lowest BCUT2D eigenvalue weighted by molar-refractivity contribution is -0.132. The van der Waals surface area contributed by atoms with Gasteiger partial charge in [0.15, 0.2) is 0 Å². The van der Waals surface area contributed by atoms with E-state index in [1.807, 2.05) is 0 Å². The number of nitrogens with one attached hydrogen (secondary N) is 1. The van der Waals surface area contributed by atoms with Gasteiger partial charge in [-0.15, -0.1) is 0 Å². The molecule has 0 aliphatic heterocycles. The van der Waals surface area contributed by atoms with Crippen molar-refractivity contribution >= 4 is 5.91 Å². The molecule has 0 aliphatic carbocycles. The van der Waals surface area contributed by atoms with Crippen LogP contribution in [0.15, 0.2) is 24.3 Å². The molecule has 0 aromatic rings. The lowest BCUT2D eigenvalue weighted by atomic mass is 10.00. The van der Waals surface area contributed by atoms with E-state index >= 15 is 0 Å². The van der Waals surface area contributed by atoms with Crippen molar-refractivity contribution in [2.45, 2.75) is 205 Å². The molecule has 0 fully saturated rings. The largest absolute Gasteiger partial charge is 0.394 e. The van der Waals surface area contributed by atoms with Crippen LogP contribution in [0.1, 0.15) is 181 Å². The molecule has 0 radical (unpaired) electrons. The highest BCUT2D eigenvalue weighted by Gasteiger charge is 2.28. The number of hydrogen-bond donors (Lipinski definition) is 5. The topological polar surface area (TPSA) is 110 Å². The van der Waals surface area contributed by atoms with Gasteiger partial charge in [-0.25, -0.2) is 0 Å². The van der Waals surface area contributed by atoms with Crippen molar-refractivity contribution in [3.05, 3.63) is 24.3 Å². The summed E-state index contributed by atoms with van der Waals surface area (Å²) in [6, 6.07) is -1.00. The fourth-order valence-electron chi connectivity index (χ4n) is 5.59. The van der Waals surface area contributed by atoms with Crippen molar-refractivity contribution in [2.24, 2.45) is 0 Å². The minimum atomic E-state index is -1.28. The second kappa shape index (κ2) is 33.2. The van der Waals surface area contributed by atoms with Crippen LogP contribution >= 0.6 is 0 Å². The Hall–Kier alpha value is -1.21. The Morgan fingerprint density at radius 2 is 0.955 bits per heavy atom. The minimum Gasteiger partial charge on any atom is -0.394 e. The van der Waals surface area contributed by atoms with Crippen molar-refractivity contribution in [3.8, 4) is 0 Å². The zero-order chi connectivity index (χ0) is 32.5. The normalized spacial score (nSPS) is 14.8. The summed E-state index contributed by atoms with van der Waals surface area (Å²) in [5.41, 5.74) is 0. The third-order valence-electron chi connectivity index (χ3n) is 8.64. The SMILES string of the molecule is CCCCCCCCCCCCC/C=C/CC/C=C/CCCC(O)C(O)C(CO)NC(=O)C(O)CCCCCCCCCC. The van der Waals surface area contributed by atoms with Crippen LogP contribution in [-0.2, 0) is 4.79 Å². The van der Waals surface area contributed by atoms with E-state index in [4.69, 9.17) is 0 Å². The molecule has 0 saturated carbocycles. The molecule has 0 rings (SSSR count). The van der Waals surface area contributed by atoms with Crippen LogP contribution in [-0.4, -0.2) is 57.3 Å². The van der Waals surface area contributed by atoms with Crippen molar-refractivity contribution in [1.82, 2.24) is 5.32 Å².